The van der Waals surface area contributed by atoms with Crippen LogP contribution in [0.4, 0.5) is 4.79 Å². The summed E-state index contributed by atoms with van der Waals surface area (Å²) in [6, 6.07) is 21.8. The Morgan fingerprint density at radius 3 is 2.31 bits per heavy atom. The van der Waals surface area contributed by atoms with Crippen LogP contribution < -0.4 is 9.47 Å². The van der Waals surface area contributed by atoms with Crippen molar-refractivity contribution in [3.8, 4) is 22.6 Å². The van der Waals surface area contributed by atoms with Gasteiger partial charge in [-0.15, -0.1) is 0 Å². The normalized spacial score (nSPS) is 18.3. The highest BCUT2D eigenvalue weighted by atomic mass is 16.6. The molecule has 3 atom stereocenters. The summed E-state index contributed by atoms with van der Waals surface area (Å²) < 4.78 is 17.2. The van der Waals surface area contributed by atoms with Crippen molar-refractivity contribution >= 4 is 12.0 Å². The van der Waals surface area contributed by atoms with E-state index in [9.17, 15) is 14.7 Å². The Morgan fingerprint density at radius 2 is 1.64 bits per heavy atom. The summed E-state index contributed by atoms with van der Waals surface area (Å²) in [7, 11) is 3.24. The highest BCUT2D eigenvalue weighted by Crippen LogP contribution is 2.31. The number of carbonyl (C=O) groups excluding carboxylic acids is 2. The molecule has 3 aromatic carbocycles. The van der Waals surface area contributed by atoms with Gasteiger partial charge in [-0.1, -0.05) is 49.4 Å². The molecule has 39 heavy (non-hydrogen) atoms. The van der Waals surface area contributed by atoms with E-state index in [1.165, 1.54) is 4.90 Å². The summed E-state index contributed by atoms with van der Waals surface area (Å²) in [6.45, 7) is 4.56. The minimum atomic E-state index is -0.519. The van der Waals surface area contributed by atoms with E-state index >= 15 is 0 Å². The smallest absolute Gasteiger partial charge is 0.415 e. The van der Waals surface area contributed by atoms with Crippen LogP contribution in [0.25, 0.3) is 11.1 Å². The van der Waals surface area contributed by atoms with Gasteiger partial charge in [0.25, 0.3) is 5.91 Å². The summed E-state index contributed by atoms with van der Waals surface area (Å²) in [4.78, 5) is 30.0. The first-order chi connectivity index (χ1) is 18.8. The molecule has 1 heterocycles. The Labute approximate surface area is 229 Å². The number of hydrogen-bond donors (Lipinski definition) is 1. The molecular formula is C31H36N2O6. The molecule has 2 amide bonds. The molecule has 0 aliphatic carbocycles. The fourth-order valence-corrected chi connectivity index (χ4v) is 4.72. The zero-order valence-electron chi connectivity index (χ0n) is 22.9. The number of aliphatic hydroxyl groups excluding tert-OH is 1. The Hall–Kier alpha value is -3.88. The van der Waals surface area contributed by atoms with E-state index in [-0.39, 0.29) is 25.0 Å². The predicted octanol–water partition coefficient (Wildman–Crippen LogP) is 4.85. The van der Waals surface area contributed by atoms with Crippen molar-refractivity contribution in [3.63, 3.8) is 0 Å². The summed E-state index contributed by atoms with van der Waals surface area (Å²) in [5, 5.41) is 10.00. The van der Waals surface area contributed by atoms with E-state index in [0.29, 0.717) is 30.2 Å². The van der Waals surface area contributed by atoms with Gasteiger partial charge in [0, 0.05) is 25.1 Å². The van der Waals surface area contributed by atoms with Gasteiger partial charge in [-0.3, -0.25) is 4.79 Å². The number of hydrogen-bond acceptors (Lipinski definition) is 6. The molecule has 0 radical (unpaired) electrons. The van der Waals surface area contributed by atoms with E-state index in [4.69, 9.17) is 14.2 Å². The van der Waals surface area contributed by atoms with Crippen LogP contribution in [0.3, 0.4) is 0 Å². The van der Waals surface area contributed by atoms with Crippen molar-refractivity contribution in [2.24, 2.45) is 5.92 Å². The van der Waals surface area contributed by atoms with E-state index in [0.717, 1.165) is 16.7 Å². The molecule has 1 aliphatic heterocycles. The molecular weight excluding hydrogens is 496 g/mol. The molecule has 0 unspecified atom stereocenters. The molecule has 206 valence electrons. The Bertz CT molecular complexity index is 1280. The molecule has 1 aliphatic rings. The van der Waals surface area contributed by atoms with Crippen LogP contribution in [-0.2, 0) is 11.3 Å². The number of amides is 2. The van der Waals surface area contributed by atoms with Gasteiger partial charge in [-0.05, 0) is 53.9 Å². The minimum Gasteiger partial charge on any atom is -0.497 e. The third kappa shape index (κ3) is 6.58. The first-order valence-corrected chi connectivity index (χ1v) is 13.1. The van der Waals surface area contributed by atoms with Gasteiger partial charge < -0.3 is 29.1 Å². The molecule has 0 spiro atoms. The molecule has 3 aromatic rings. The first kappa shape index (κ1) is 28.1. The molecule has 0 saturated heterocycles. The second-order valence-corrected chi connectivity index (χ2v) is 9.94. The topological polar surface area (TPSA) is 88.5 Å². The van der Waals surface area contributed by atoms with Crippen molar-refractivity contribution in [1.82, 2.24) is 9.80 Å². The molecule has 1 N–H and O–H groups in total. The summed E-state index contributed by atoms with van der Waals surface area (Å²) in [5.74, 6) is 0.768. The maximum absolute atomic E-state index is 13.9. The van der Waals surface area contributed by atoms with E-state index in [1.807, 2.05) is 62.4 Å². The van der Waals surface area contributed by atoms with Crippen LogP contribution in [-0.4, -0.2) is 72.9 Å². The van der Waals surface area contributed by atoms with Crippen molar-refractivity contribution in [1.29, 1.82) is 0 Å². The first-order valence-electron chi connectivity index (χ1n) is 13.1. The van der Waals surface area contributed by atoms with Gasteiger partial charge >= 0.3 is 6.09 Å². The number of carbonyl (C=O) groups is 2. The quantitative estimate of drug-likeness (QED) is 0.488. The SMILES string of the molecule is COc1ccc(OC(=O)N(C)C[C@@H]2OCc3ccccc3-c3ccccc3C(=O)N([C@@H](C)CO)C[C@H]2C)cc1. The van der Waals surface area contributed by atoms with Crippen molar-refractivity contribution in [2.75, 3.05) is 33.9 Å². The maximum atomic E-state index is 13.9. The number of aliphatic hydroxyl groups is 1. The van der Waals surface area contributed by atoms with Crippen LogP contribution in [0.5, 0.6) is 11.5 Å². The standard InChI is InChI=1S/C31H36N2O6/c1-21-17-33(22(2)19-34)30(35)28-12-8-7-11-27(28)26-10-6-5-9-23(26)20-38-29(21)18-32(3)31(36)39-25-15-13-24(37-4)14-16-25/h5-16,21-22,29,34H,17-20H2,1-4H3/t21-,22+,29+/m1/s1. The van der Waals surface area contributed by atoms with Gasteiger partial charge in [0.1, 0.15) is 11.5 Å². The zero-order chi connectivity index (χ0) is 27.9. The zero-order valence-corrected chi connectivity index (χ0v) is 22.9. The number of nitrogens with zero attached hydrogens (tertiary/aromatic N) is 2. The molecule has 4 rings (SSSR count). The summed E-state index contributed by atoms with van der Waals surface area (Å²) in [6.07, 6.45) is -0.927. The highest BCUT2D eigenvalue weighted by molar-refractivity contribution is 6.01. The fourth-order valence-electron chi connectivity index (χ4n) is 4.72. The third-order valence-corrected chi connectivity index (χ3v) is 7.12. The Balaban J connectivity index is 1.62. The van der Waals surface area contributed by atoms with Crippen molar-refractivity contribution in [3.05, 3.63) is 83.9 Å². The number of benzene rings is 3. The molecule has 0 saturated carbocycles. The number of rotatable bonds is 6. The third-order valence-electron chi connectivity index (χ3n) is 7.12. The lowest BCUT2D eigenvalue weighted by Gasteiger charge is -2.35. The van der Waals surface area contributed by atoms with Gasteiger partial charge in [-0.25, -0.2) is 4.79 Å². The molecule has 0 bridgehead atoms. The van der Waals surface area contributed by atoms with Crippen molar-refractivity contribution < 1.29 is 28.9 Å². The van der Waals surface area contributed by atoms with Crippen LogP contribution in [0, 0.1) is 5.92 Å². The average Bonchev–Trinajstić information content (AvgIpc) is 2.98. The lowest BCUT2D eigenvalue weighted by molar-refractivity contribution is -0.0205. The van der Waals surface area contributed by atoms with Crippen LogP contribution in [0.1, 0.15) is 29.8 Å². The monoisotopic (exact) mass is 532 g/mol. The van der Waals surface area contributed by atoms with Crippen LogP contribution >= 0.6 is 0 Å². The molecule has 8 heteroatoms. The second kappa shape index (κ2) is 12.8. The number of likely N-dealkylation sites (N-methyl/N-ethyl adjacent to an activating group) is 1. The maximum Gasteiger partial charge on any atom is 0.415 e. The van der Waals surface area contributed by atoms with Crippen LogP contribution in [0.2, 0.25) is 0 Å². The molecule has 8 nitrogen and oxygen atoms in total. The van der Waals surface area contributed by atoms with E-state index in [2.05, 4.69) is 0 Å². The lowest BCUT2D eigenvalue weighted by Crippen LogP contribution is -2.47. The Morgan fingerprint density at radius 1 is 1.03 bits per heavy atom. The van der Waals surface area contributed by atoms with E-state index in [1.54, 1.807) is 43.3 Å². The van der Waals surface area contributed by atoms with Crippen molar-refractivity contribution in [2.45, 2.75) is 32.6 Å². The fraction of sp³-hybridized carbons (Fsp3) is 0.355. The largest absolute Gasteiger partial charge is 0.497 e. The van der Waals surface area contributed by atoms with Gasteiger partial charge in [0.15, 0.2) is 0 Å². The van der Waals surface area contributed by atoms with Gasteiger partial charge in [0.05, 0.1) is 39.0 Å². The predicted molar refractivity (Wildman–Crippen MR) is 149 cm³/mol. The number of methoxy groups -OCH3 is 1. The summed E-state index contributed by atoms with van der Waals surface area (Å²) >= 11 is 0. The summed E-state index contributed by atoms with van der Waals surface area (Å²) in [5.41, 5.74) is 3.26. The van der Waals surface area contributed by atoms with Gasteiger partial charge in [-0.2, -0.15) is 0 Å². The Kier molecular flexibility index (Phi) is 9.22. The number of ether oxygens (including phenoxy) is 3. The van der Waals surface area contributed by atoms with Gasteiger partial charge in [0.2, 0.25) is 0 Å². The minimum absolute atomic E-state index is 0.151. The average molecular weight is 533 g/mol. The highest BCUT2D eigenvalue weighted by Gasteiger charge is 2.31. The van der Waals surface area contributed by atoms with E-state index < -0.39 is 18.2 Å². The molecule has 0 aromatic heterocycles. The lowest BCUT2D eigenvalue weighted by atomic mass is 9.94. The second-order valence-electron chi connectivity index (χ2n) is 9.94. The number of fused-ring (bicyclic) bond motifs is 3. The molecule has 0 fully saturated rings. The van der Waals surface area contributed by atoms with Crippen LogP contribution in [0.15, 0.2) is 72.8 Å².